The smallest absolute Gasteiger partial charge is 0.317 e. The van der Waals surface area contributed by atoms with E-state index >= 15 is 0 Å². The summed E-state index contributed by atoms with van der Waals surface area (Å²) in [7, 11) is 0. The van der Waals surface area contributed by atoms with Gasteiger partial charge in [-0.25, -0.2) is 0 Å². The summed E-state index contributed by atoms with van der Waals surface area (Å²) in [6, 6.07) is 14.1. The maximum atomic E-state index is 13.6. The Morgan fingerprint density at radius 1 is 0.595 bits per heavy atom. The second kappa shape index (κ2) is 13.6. The van der Waals surface area contributed by atoms with E-state index in [4.69, 9.17) is 0 Å². The number of carboxylic acid groups (broad SMARTS) is 3. The zero-order valence-electron chi connectivity index (χ0n) is 24.3. The van der Waals surface area contributed by atoms with Gasteiger partial charge in [-0.05, 0) is 28.3 Å². The van der Waals surface area contributed by atoms with Crippen molar-refractivity contribution in [3.8, 4) is 11.1 Å². The first-order valence-electron chi connectivity index (χ1n) is 14.3. The van der Waals surface area contributed by atoms with Gasteiger partial charge in [0.05, 0.1) is 26.2 Å². The number of hydrogen-bond acceptors (Lipinski definition) is 8. The summed E-state index contributed by atoms with van der Waals surface area (Å²) >= 11 is 0. The maximum absolute atomic E-state index is 13.6. The third-order valence-corrected chi connectivity index (χ3v) is 8.28. The van der Waals surface area contributed by atoms with E-state index in [9.17, 15) is 34.5 Å². The van der Waals surface area contributed by atoms with Crippen molar-refractivity contribution >= 4 is 23.7 Å². The fourth-order valence-electron chi connectivity index (χ4n) is 5.96. The first-order chi connectivity index (χ1) is 19.9. The quantitative estimate of drug-likeness (QED) is 0.373. The summed E-state index contributed by atoms with van der Waals surface area (Å²) < 4.78 is 0. The summed E-state index contributed by atoms with van der Waals surface area (Å²) in [5.74, 6) is -3.02. The molecule has 2 aromatic carbocycles. The average molecular weight is 581 g/mol. The van der Waals surface area contributed by atoms with Gasteiger partial charge in [-0.1, -0.05) is 50.2 Å². The van der Waals surface area contributed by atoms with Gasteiger partial charge in [-0.15, -0.1) is 0 Å². The monoisotopic (exact) mass is 580 g/mol. The fourth-order valence-corrected chi connectivity index (χ4v) is 5.96. The molecular weight excluding hydrogens is 540 g/mol. The van der Waals surface area contributed by atoms with Gasteiger partial charge >= 0.3 is 17.9 Å². The lowest BCUT2D eigenvalue weighted by atomic mass is 9.82. The average Bonchev–Trinajstić information content (AvgIpc) is 3.15. The third kappa shape index (κ3) is 7.80. The van der Waals surface area contributed by atoms with Crippen molar-refractivity contribution in [2.45, 2.75) is 19.3 Å². The molecule has 1 aliphatic heterocycles. The Morgan fingerprint density at radius 2 is 1.00 bits per heavy atom. The van der Waals surface area contributed by atoms with Crippen LogP contribution in [-0.2, 0) is 19.8 Å². The van der Waals surface area contributed by atoms with Crippen LogP contribution in [0.15, 0.2) is 42.5 Å². The molecule has 1 saturated heterocycles. The minimum atomic E-state index is -1.000. The summed E-state index contributed by atoms with van der Waals surface area (Å²) in [5.41, 5.74) is 5.01. The van der Waals surface area contributed by atoms with Crippen molar-refractivity contribution in [3.63, 3.8) is 0 Å². The van der Waals surface area contributed by atoms with E-state index in [0.717, 1.165) is 11.1 Å². The molecule has 11 heteroatoms. The van der Waals surface area contributed by atoms with Gasteiger partial charge in [0, 0.05) is 63.3 Å². The Kier molecular flexibility index (Phi) is 10.1. The number of benzene rings is 2. The molecule has 226 valence electrons. The first-order valence-corrected chi connectivity index (χ1v) is 14.3. The van der Waals surface area contributed by atoms with Crippen LogP contribution in [0.25, 0.3) is 11.1 Å². The standard InChI is InChI=1S/C31H40N4O7/c1-31(2)25-6-4-3-5-23(25)24-8-7-22(17-26(24)31)27(36)18-32-9-11-33(19-28(37)38)13-15-35(21-30(41)42)16-14-34(12-10-32)20-29(39)40/h3-8,17H,9-16,18-21H2,1-2H3,(H,37,38)(H,39,40)(H,41,42). The number of carbonyl (C=O) groups is 4. The van der Waals surface area contributed by atoms with Crippen LogP contribution in [0, 0.1) is 0 Å². The number of aliphatic carboxylic acids is 3. The van der Waals surface area contributed by atoms with Crippen molar-refractivity contribution in [1.82, 2.24) is 19.6 Å². The van der Waals surface area contributed by atoms with E-state index < -0.39 is 17.9 Å². The van der Waals surface area contributed by atoms with Crippen LogP contribution < -0.4 is 0 Å². The molecule has 0 unspecified atom stereocenters. The Morgan fingerprint density at radius 3 is 1.45 bits per heavy atom. The van der Waals surface area contributed by atoms with Crippen LogP contribution in [0.5, 0.6) is 0 Å². The summed E-state index contributed by atoms with van der Waals surface area (Å²) in [6.45, 7) is 6.68. The number of fused-ring (bicyclic) bond motifs is 3. The molecule has 2 aromatic rings. The van der Waals surface area contributed by atoms with Gasteiger partial charge in [0.2, 0.25) is 0 Å². The number of Topliss-reactive ketones (excluding diaryl/α,β-unsaturated/α-hetero) is 1. The van der Waals surface area contributed by atoms with Crippen LogP contribution in [0.4, 0.5) is 0 Å². The summed E-state index contributed by atoms with van der Waals surface area (Å²) in [4.78, 5) is 55.2. The van der Waals surface area contributed by atoms with E-state index in [2.05, 4.69) is 26.0 Å². The second-order valence-corrected chi connectivity index (χ2v) is 11.6. The predicted molar refractivity (Wildman–Crippen MR) is 157 cm³/mol. The molecule has 1 heterocycles. The third-order valence-electron chi connectivity index (χ3n) is 8.28. The highest BCUT2D eigenvalue weighted by atomic mass is 16.4. The normalized spacial score (nSPS) is 18.8. The van der Waals surface area contributed by atoms with Crippen molar-refractivity contribution in [3.05, 3.63) is 59.2 Å². The Balaban J connectivity index is 1.52. The molecule has 0 bridgehead atoms. The van der Waals surface area contributed by atoms with Crippen molar-refractivity contribution < 1.29 is 34.5 Å². The zero-order chi connectivity index (χ0) is 30.4. The minimum Gasteiger partial charge on any atom is -0.480 e. The summed E-state index contributed by atoms with van der Waals surface area (Å²) in [5, 5.41) is 28.2. The highest BCUT2D eigenvalue weighted by Gasteiger charge is 2.35. The van der Waals surface area contributed by atoms with E-state index in [1.54, 1.807) is 14.7 Å². The van der Waals surface area contributed by atoms with Crippen LogP contribution in [0.1, 0.15) is 35.3 Å². The number of carbonyl (C=O) groups excluding carboxylic acids is 1. The van der Waals surface area contributed by atoms with Crippen LogP contribution in [0.2, 0.25) is 0 Å². The molecule has 1 fully saturated rings. The maximum Gasteiger partial charge on any atom is 0.317 e. The van der Waals surface area contributed by atoms with Crippen LogP contribution >= 0.6 is 0 Å². The van der Waals surface area contributed by atoms with Crippen molar-refractivity contribution in [2.24, 2.45) is 0 Å². The van der Waals surface area contributed by atoms with E-state index in [1.807, 2.05) is 35.2 Å². The van der Waals surface area contributed by atoms with Crippen molar-refractivity contribution in [2.75, 3.05) is 78.5 Å². The molecular formula is C31H40N4O7. The summed E-state index contributed by atoms with van der Waals surface area (Å²) in [6.07, 6.45) is 0. The fraction of sp³-hybridized carbons (Fsp3) is 0.484. The Bertz CT molecular complexity index is 1300. The molecule has 1 aliphatic carbocycles. The molecule has 2 aliphatic rings. The van der Waals surface area contributed by atoms with Crippen molar-refractivity contribution in [1.29, 1.82) is 0 Å². The van der Waals surface area contributed by atoms with Gasteiger partial charge in [0.25, 0.3) is 0 Å². The van der Waals surface area contributed by atoms with Crippen LogP contribution in [-0.4, -0.2) is 137 Å². The zero-order valence-corrected chi connectivity index (χ0v) is 24.3. The molecule has 0 atom stereocenters. The highest BCUT2D eigenvalue weighted by Crippen LogP contribution is 2.48. The largest absolute Gasteiger partial charge is 0.480 e. The van der Waals surface area contributed by atoms with Gasteiger partial charge in [-0.2, -0.15) is 0 Å². The Hall–Kier alpha value is -3.64. The minimum absolute atomic E-state index is 0.0566. The number of hydrogen-bond donors (Lipinski definition) is 3. The SMILES string of the molecule is CC1(C)c2ccccc2-c2ccc(C(=O)CN3CCN(CC(=O)O)CCN(CC(=O)O)CCN(CC(=O)O)CC3)cc21. The molecule has 0 saturated carbocycles. The van der Waals surface area contributed by atoms with E-state index in [1.165, 1.54) is 11.1 Å². The first kappa shape index (κ1) is 31.3. The predicted octanol–water partition coefficient (Wildman–Crippen LogP) is 1.65. The van der Waals surface area contributed by atoms with Gasteiger partial charge in [0.15, 0.2) is 5.78 Å². The van der Waals surface area contributed by atoms with E-state index in [0.29, 0.717) is 57.9 Å². The number of carboxylic acids is 3. The van der Waals surface area contributed by atoms with E-state index in [-0.39, 0.29) is 37.4 Å². The second-order valence-electron chi connectivity index (χ2n) is 11.6. The lowest BCUT2D eigenvalue weighted by molar-refractivity contribution is -0.140. The molecule has 0 aromatic heterocycles. The number of ketones is 1. The lowest BCUT2D eigenvalue weighted by Gasteiger charge is -2.33. The van der Waals surface area contributed by atoms with Gasteiger partial charge < -0.3 is 15.3 Å². The molecule has 0 amide bonds. The van der Waals surface area contributed by atoms with Crippen LogP contribution in [0.3, 0.4) is 0 Å². The van der Waals surface area contributed by atoms with Gasteiger partial charge in [-0.3, -0.25) is 38.8 Å². The Labute approximate surface area is 245 Å². The molecule has 3 N–H and O–H groups in total. The number of rotatable bonds is 9. The highest BCUT2D eigenvalue weighted by molar-refractivity contribution is 5.99. The molecule has 0 radical (unpaired) electrons. The molecule has 42 heavy (non-hydrogen) atoms. The molecule has 11 nitrogen and oxygen atoms in total. The number of nitrogens with zero attached hydrogens (tertiary/aromatic N) is 4. The lowest BCUT2D eigenvalue weighted by Crippen LogP contribution is -2.49. The molecule has 4 rings (SSSR count). The topological polar surface area (TPSA) is 142 Å². The van der Waals surface area contributed by atoms with Gasteiger partial charge in [0.1, 0.15) is 0 Å². The molecule has 0 spiro atoms.